The number of hydrogen-bond donors (Lipinski definition) is 2. The standard InChI is InChI=1S/C16H11FO4/c17-12-5-1-10(2-6-12)3-7-14(18)11-4-8-15(19)13(9-11)16(20)21/h1-9,19H,(H,20,21)/b7-3+. The predicted octanol–water partition coefficient (Wildman–Crippen LogP) is 3.13. The first-order chi connectivity index (χ1) is 9.97. The van der Waals surface area contributed by atoms with E-state index in [1.807, 2.05) is 0 Å². The molecule has 0 aliphatic rings. The van der Waals surface area contributed by atoms with Crippen molar-refractivity contribution in [2.75, 3.05) is 0 Å². The van der Waals surface area contributed by atoms with Crippen LogP contribution in [0.5, 0.6) is 5.75 Å². The third kappa shape index (κ3) is 3.54. The van der Waals surface area contributed by atoms with E-state index >= 15 is 0 Å². The number of rotatable bonds is 4. The van der Waals surface area contributed by atoms with Crippen LogP contribution in [0.2, 0.25) is 0 Å². The number of hydrogen-bond acceptors (Lipinski definition) is 3. The molecule has 0 spiro atoms. The van der Waals surface area contributed by atoms with E-state index in [4.69, 9.17) is 5.11 Å². The number of benzene rings is 2. The first-order valence-electron chi connectivity index (χ1n) is 6.01. The van der Waals surface area contributed by atoms with E-state index in [0.29, 0.717) is 5.56 Å². The van der Waals surface area contributed by atoms with Gasteiger partial charge in [0.05, 0.1) is 0 Å². The average Bonchev–Trinajstić information content (AvgIpc) is 2.46. The monoisotopic (exact) mass is 286 g/mol. The van der Waals surface area contributed by atoms with Crippen molar-refractivity contribution in [3.05, 3.63) is 71.0 Å². The summed E-state index contributed by atoms with van der Waals surface area (Å²) in [6.45, 7) is 0. The Morgan fingerprint density at radius 3 is 2.33 bits per heavy atom. The second-order valence-corrected chi connectivity index (χ2v) is 4.29. The minimum Gasteiger partial charge on any atom is -0.507 e. The van der Waals surface area contributed by atoms with Crippen molar-refractivity contribution in [1.82, 2.24) is 0 Å². The fraction of sp³-hybridized carbons (Fsp3) is 0. The van der Waals surface area contributed by atoms with Crippen molar-refractivity contribution in [2.45, 2.75) is 0 Å². The van der Waals surface area contributed by atoms with Gasteiger partial charge in [-0.05, 0) is 42.0 Å². The summed E-state index contributed by atoms with van der Waals surface area (Å²) in [4.78, 5) is 22.8. The Labute approximate surface area is 119 Å². The molecule has 2 rings (SSSR count). The molecule has 2 N–H and O–H groups in total. The first-order valence-corrected chi connectivity index (χ1v) is 6.01. The zero-order valence-corrected chi connectivity index (χ0v) is 10.8. The smallest absolute Gasteiger partial charge is 0.339 e. The van der Waals surface area contributed by atoms with Crippen molar-refractivity contribution in [1.29, 1.82) is 0 Å². The Morgan fingerprint density at radius 1 is 1.05 bits per heavy atom. The molecule has 0 bridgehead atoms. The van der Waals surface area contributed by atoms with Crippen LogP contribution in [0.1, 0.15) is 26.3 Å². The van der Waals surface area contributed by atoms with E-state index in [2.05, 4.69) is 0 Å². The van der Waals surface area contributed by atoms with E-state index < -0.39 is 17.5 Å². The number of carbonyl (C=O) groups excluding carboxylic acids is 1. The van der Waals surface area contributed by atoms with Crippen LogP contribution >= 0.6 is 0 Å². The highest BCUT2D eigenvalue weighted by atomic mass is 19.1. The van der Waals surface area contributed by atoms with E-state index in [1.54, 1.807) is 0 Å². The Hall–Kier alpha value is -2.95. The Balaban J connectivity index is 2.22. The summed E-state index contributed by atoms with van der Waals surface area (Å²) in [6.07, 6.45) is 2.75. The molecule has 0 fully saturated rings. The van der Waals surface area contributed by atoms with E-state index in [9.17, 15) is 19.1 Å². The van der Waals surface area contributed by atoms with Crippen LogP contribution in [0.4, 0.5) is 4.39 Å². The van der Waals surface area contributed by atoms with E-state index in [0.717, 1.165) is 12.1 Å². The summed E-state index contributed by atoms with van der Waals surface area (Å²) < 4.78 is 12.7. The van der Waals surface area contributed by atoms with Crippen LogP contribution < -0.4 is 0 Å². The van der Waals surface area contributed by atoms with Crippen molar-refractivity contribution >= 4 is 17.8 Å². The number of ketones is 1. The number of aromatic carboxylic acids is 1. The van der Waals surface area contributed by atoms with Crippen molar-refractivity contribution in [3.63, 3.8) is 0 Å². The topological polar surface area (TPSA) is 74.6 Å². The fourth-order valence-corrected chi connectivity index (χ4v) is 1.70. The lowest BCUT2D eigenvalue weighted by Gasteiger charge is -2.01. The van der Waals surface area contributed by atoms with Crippen LogP contribution in [0.3, 0.4) is 0 Å². The second-order valence-electron chi connectivity index (χ2n) is 4.29. The molecule has 0 saturated carbocycles. The molecule has 0 aliphatic carbocycles. The van der Waals surface area contributed by atoms with Gasteiger partial charge in [0.2, 0.25) is 0 Å². The zero-order chi connectivity index (χ0) is 15.4. The van der Waals surface area contributed by atoms with Crippen LogP contribution in [0.25, 0.3) is 6.08 Å². The van der Waals surface area contributed by atoms with Gasteiger partial charge >= 0.3 is 5.97 Å². The predicted molar refractivity (Wildman–Crippen MR) is 74.8 cm³/mol. The highest BCUT2D eigenvalue weighted by Crippen LogP contribution is 2.19. The van der Waals surface area contributed by atoms with Crippen LogP contribution in [-0.4, -0.2) is 22.0 Å². The molecule has 0 unspecified atom stereocenters. The van der Waals surface area contributed by atoms with Gasteiger partial charge in [-0.25, -0.2) is 9.18 Å². The number of allylic oxidation sites excluding steroid dienone is 1. The molecule has 4 nitrogen and oxygen atoms in total. The number of carboxylic acids is 1. The van der Waals surface area contributed by atoms with E-state index in [1.165, 1.54) is 42.5 Å². The lowest BCUT2D eigenvalue weighted by molar-refractivity contribution is 0.0693. The fourth-order valence-electron chi connectivity index (χ4n) is 1.70. The molecule has 21 heavy (non-hydrogen) atoms. The maximum atomic E-state index is 12.7. The Morgan fingerprint density at radius 2 is 1.71 bits per heavy atom. The SMILES string of the molecule is O=C(/C=C/c1ccc(F)cc1)c1ccc(O)c(C(=O)O)c1. The van der Waals surface area contributed by atoms with E-state index in [-0.39, 0.29) is 16.9 Å². The van der Waals surface area contributed by atoms with Gasteiger partial charge in [-0.3, -0.25) is 4.79 Å². The van der Waals surface area contributed by atoms with Gasteiger partial charge in [0.1, 0.15) is 17.1 Å². The first kappa shape index (κ1) is 14.5. The average molecular weight is 286 g/mol. The highest BCUT2D eigenvalue weighted by Gasteiger charge is 2.12. The van der Waals surface area contributed by atoms with Gasteiger partial charge < -0.3 is 10.2 Å². The van der Waals surface area contributed by atoms with Gasteiger partial charge in [0.15, 0.2) is 5.78 Å². The minimum atomic E-state index is -1.32. The zero-order valence-electron chi connectivity index (χ0n) is 10.8. The maximum absolute atomic E-state index is 12.7. The maximum Gasteiger partial charge on any atom is 0.339 e. The van der Waals surface area contributed by atoms with Gasteiger partial charge in [0, 0.05) is 5.56 Å². The van der Waals surface area contributed by atoms with Gasteiger partial charge in [-0.2, -0.15) is 0 Å². The number of halogens is 1. The molecule has 0 heterocycles. The third-order valence-corrected chi connectivity index (χ3v) is 2.81. The summed E-state index contributed by atoms with van der Waals surface area (Å²) in [5.74, 6) is -2.50. The number of carboxylic acid groups (broad SMARTS) is 1. The number of carbonyl (C=O) groups is 2. The lowest BCUT2D eigenvalue weighted by Crippen LogP contribution is -2.01. The third-order valence-electron chi connectivity index (χ3n) is 2.81. The molecule has 0 aliphatic heterocycles. The molecule has 0 saturated heterocycles. The minimum absolute atomic E-state index is 0.142. The molecular weight excluding hydrogens is 275 g/mol. The lowest BCUT2D eigenvalue weighted by atomic mass is 10.1. The van der Waals surface area contributed by atoms with Gasteiger partial charge in [-0.15, -0.1) is 0 Å². The van der Waals surface area contributed by atoms with Crippen molar-refractivity contribution in [2.24, 2.45) is 0 Å². The molecule has 0 aromatic heterocycles. The molecule has 106 valence electrons. The summed E-state index contributed by atoms with van der Waals surface area (Å²) in [7, 11) is 0. The summed E-state index contributed by atoms with van der Waals surface area (Å²) in [5.41, 5.74) is 0.446. The summed E-state index contributed by atoms with van der Waals surface area (Å²) >= 11 is 0. The molecule has 0 radical (unpaired) electrons. The van der Waals surface area contributed by atoms with Crippen molar-refractivity contribution in [3.8, 4) is 5.75 Å². The van der Waals surface area contributed by atoms with Crippen molar-refractivity contribution < 1.29 is 24.2 Å². The number of aromatic hydroxyl groups is 1. The molecule has 5 heteroatoms. The summed E-state index contributed by atoms with van der Waals surface area (Å²) in [5, 5.41) is 18.3. The Kier molecular flexibility index (Phi) is 4.13. The largest absolute Gasteiger partial charge is 0.507 e. The Bertz CT molecular complexity index is 718. The molecular formula is C16H11FO4. The summed E-state index contributed by atoms with van der Waals surface area (Å²) in [6, 6.07) is 9.16. The molecule has 0 atom stereocenters. The quantitative estimate of drug-likeness (QED) is 0.669. The number of phenols is 1. The molecule has 2 aromatic carbocycles. The van der Waals surface area contributed by atoms with Crippen LogP contribution in [0.15, 0.2) is 48.5 Å². The van der Waals surface area contributed by atoms with Gasteiger partial charge in [0.25, 0.3) is 0 Å². The molecule has 0 amide bonds. The second kappa shape index (κ2) is 6.00. The molecule has 2 aromatic rings. The van der Waals surface area contributed by atoms with Crippen LogP contribution in [0, 0.1) is 5.82 Å². The van der Waals surface area contributed by atoms with Crippen LogP contribution in [-0.2, 0) is 0 Å². The highest BCUT2D eigenvalue weighted by molar-refractivity contribution is 6.08. The van der Waals surface area contributed by atoms with Gasteiger partial charge in [-0.1, -0.05) is 18.2 Å². The normalized spacial score (nSPS) is 10.7.